The van der Waals surface area contributed by atoms with Crippen LogP contribution in [0.15, 0.2) is 12.1 Å². The molecule has 0 unspecified atom stereocenters. The maximum atomic E-state index is 12.0. The Kier molecular flexibility index (Phi) is 4.65. The third-order valence-corrected chi connectivity index (χ3v) is 3.76. The molecule has 1 aromatic rings. The number of amides is 2. The summed E-state index contributed by atoms with van der Waals surface area (Å²) in [5.41, 5.74) is 2.53. The summed E-state index contributed by atoms with van der Waals surface area (Å²) < 4.78 is 0. The van der Waals surface area contributed by atoms with Gasteiger partial charge in [-0.15, -0.1) is 0 Å². The average molecular weight is 295 g/mol. The highest BCUT2D eigenvalue weighted by Gasteiger charge is 2.21. The summed E-state index contributed by atoms with van der Waals surface area (Å²) in [6.07, 6.45) is 1.93. The molecule has 1 heterocycles. The highest BCUT2D eigenvalue weighted by atomic mass is 35.5. The van der Waals surface area contributed by atoms with Gasteiger partial charge in [-0.2, -0.15) is 0 Å². The lowest BCUT2D eigenvalue weighted by atomic mass is 10.1. The van der Waals surface area contributed by atoms with Gasteiger partial charge < -0.3 is 10.2 Å². The van der Waals surface area contributed by atoms with E-state index in [0.717, 1.165) is 37.1 Å². The number of anilines is 1. The zero-order valence-corrected chi connectivity index (χ0v) is 12.6. The Morgan fingerprint density at radius 2 is 1.90 bits per heavy atom. The van der Waals surface area contributed by atoms with Crippen LogP contribution in [0.25, 0.3) is 0 Å². The SMILES string of the molecule is Cc1cc(C)c(NC(=O)CC(=O)N2CCCC2)c(Cl)c1. The van der Waals surface area contributed by atoms with Gasteiger partial charge in [0.15, 0.2) is 0 Å². The number of carbonyl (C=O) groups excluding carboxylic acids is 2. The van der Waals surface area contributed by atoms with Crippen LogP contribution in [-0.4, -0.2) is 29.8 Å². The second kappa shape index (κ2) is 6.27. The lowest BCUT2D eigenvalue weighted by Gasteiger charge is -2.16. The van der Waals surface area contributed by atoms with Crippen molar-refractivity contribution >= 4 is 29.1 Å². The van der Waals surface area contributed by atoms with Gasteiger partial charge in [-0.3, -0.25) is 9.59 Å². The second-order valence-electron chi connectivity index (χ2n) is 5.25. The maximum absolute atomic E-state index is 12.0. The minimum absolute atomic E-state index is 0.110. The van der Waals surface area contributed by atoms with Gasteiger partial charge in [0.25, 0.3) is 0 Å². The van der Waals surface area contributed by atoms with E-state index in [4.69, 9.17) is 11.6 Å². The van der Waals surface area contributed by atoms with Gasteiger partial charge in [0.05, 0.1) is 10.7 Å². The van der Waals surface area contributed by atoms with Crippen LogP contribution >= 0.6 is 11.6 Å². The fourth-order valence-corrected chi connectivity index (χ4v) is 2.84. The van der Waals surface area contributed by atoms with Crippen LogP contribution in [0.3, 0.4) is 0 Å². The van der Waals surface area contributed by atoms with E-state index in [0.29, 0.717) is 10.7 Å². The summed E-state index contributed by atoms with van der Waals surface area (Å²) in [6.45, 7) is 5.35. The number of nitrogens with zero attached hydrogens (tertiary/aromatic N) is 1. The Labute approximate surface area is 124 Å². The summed E-state index contributed by atoms with van der Waals surface area (Å²) >= 11 is 6.13. The number of aryl methyl sites for hydroxylation is 2. The molecule has 5 heteroatoms. The molecule has 0 aromatic heterocycles. The molecule has 2 rings (SSSR count). The Hall–Kier alpha value is -1.55. The van der Waals surface area contributed by atoms with Crippen molar-refractivity contribution < 1.29 is 9.59 Å². The molecular formula is C15H19ClN2O2. The van der Waals surface area contributed by atoms with Crippen molar-refractivity contribution in [1.82, 2.24) is 4.90 Å². The zero-order valence-electron chi connectivity index (χ0n) is 11.8. The van der Waals surface area contributed by atoms with Crippen molar-refractivity contribution in [2.75, 3.05) is 18.4 Å². The Morgan fingerprint density at radius 1 is 1.25 bits per heavy atom. The fraction of sp³-hybridized carbons (Fsp3) is 0.467. The molecule has 1 saturated heterocycles. The molecule has 0 radical (unpaired) electrons. The molecule has 0 spiro atoms. The smallest absolute Gasteiger partial charge is 0.233 e. The molecule has 20 heavy (non-hydrogen) atoms. The number of benzene rings is 1. The van der Waals surface area contributed by atoms with E-state index >= 15 is 0 Å². The largest absolute Gasteiger partial charge is 0.342 e. The first-order valence-corrected chi connectivity index (χ1v) is 7.19. The van der Waals surface area contributed by atoms with Gasteiger partial charge in [0, 0.05) is 13.1 Å². The molecule has 108 valence electrons. The number of carbonyl (C=O) groups is 2. The van der Waals surface area contributed by atoms with E-state index in [9.17, 15) is 9.59 Å². The molecule has 2 amide bonds. The fourth-order valence-electron chi connectivity index (χ4n) is 2.47. The Balaban J connectivity index is 1.99. The van der Waals surface area contributed by atoms with Crippen molar-refractivity contribution in [2.24, 2.45) is 0 Å². The summed E-state index contributed by atoms with van der Waals surface area (Å²) in [5, 5.41) is 3.25. The van der Waals surface area contributed by atoms with Crippen LogP contribution in [0.1, 0.15) is 30.4 Å². The number of rotatable bonds is 3. The third kappa shape index (κ3) is 3.51. The second-order valence-corrected chi connectivity index (χ2v) is 5.66. The Bertz CT molecular complexity index is 514. The first kappa shape index (κ1) is 14.9. The van der Waals surface area contributed by atoms with Crippen LogP contribution in [0.4, 0.5) is 5.69 Å². The maximum Gasteiger partial charge on any atom is 0.233 e. The van der Waals surface area contributed by atoms with Crippen molar-refractivity contribution in [3.8, 4) is 0 Å². The number of halogens is 1. The summed E-state index contributed by atoms with van der Waals surface area (Å²) in [5.74, 6) is -0.420. The highest BCUT2D eigenvalue weighted by Crippen LogP contribution is 2.27. The number of hydrogen-bond donors (Lipinski definition) is 1. The predicted octanol–water partition coefficient (Wildman–Crippen LogP) is 2.91. The van der Waals surface area contributed by atoms with E-state index in [2.05, 4.69) is 5.32 Å². The molecule has 1 aliphatic rings. The molecule has 0 atom stereocenters. The molecule has 4 nitrogen and oxygen atoms in total. The topological polar surface area (TPSA) is 49.4 Å². The van der Waals surface area contributed by atoms with Crippen LogP contribution < -0.4 is 5.32 Å². The molecule has 0 bridgehead atoms. The van der Waals surface area contributed by atoms with Crippen molar-refractivity contribution in [2.45, 2.75) is 33.1 Å². The average Bonchev–Trinajstić information content (AvgIpc) is 2.87. The van der Waals surface area contributed by atoms with Crippen LogP contribution in [-0.2, 0) is 9.59 Å². The molecule has 0 saturated carbocycles. The number of likely N-dealkylation sites (tertiary alicyclic amines) is 1. The van der Waals surface area contributed by atoms with Crippen LogP contribution in [0, 0.1) is 13.8 Å². The summed E-state index contributed by atoms with van der Waals surface area (Å²) in [4.78, 5) is 25.6. The molecule has 1 N–H and O–H groups in total. The van der Waals surface area contributed by atoms with Gasteiger partial charge in [-0.05, 0) is 43.9 Å². The van der Waals surface area contributed by atoms with Gasteiger partial charge in [-0.1, -0.05) is 17.7 Å². The molecule has 0 aliphatic carbocycles. The zero-order chi connectivity index (χ0) is 14.7. The highest BCUT2D eigenvalue weighted by molar-refractivity contribution is 6.34. The normalized spacial score (nSPS) is 14.4. The van der Waals surface area contributed by atoms with Gasteiger partial charge in [0.1, 0.15) is 6.42 Å². The summed E-state index contributed by atoms with van der Waals surface area (Å²) in [6, 6.07) is 3.75. The van der Waals surface area contributed by atoms with Crippen LogP contribution in [0.5, 0.6) is 0 Å². The molecule has 1 aliphatic heterocycles. The minimum Gasteiger partial charge on any atom is -0.342 e. The van der Waals surface area contributed by atoms with E-state index < -0.39 is 0 Å². The van der Waals surface area contributed by atoms with Crippen molar-refractivity contribution in [3.05, 3.63) is 28.3 Å². The van der Waals surface area contributed by atoms with Crippen molar-refractivity contribution in [3.63, 3.8) is 0 Å². The van der Waals surface area contributed by atoms with E-state index in [1.165, 1.54) is 0 Å². The van der Waals surface area contributed by atoms with Gasteiger partial charge in [-0.25, -0.2) is 0 Å². The lowest BCUT2D eigenvalue weighted by molar-refractivity contribution is -0.133. The van der Waals surface area contributed by atoms with E-state index in [-0.39, 0.29) is 18.2 Å². The summed E-state index contributed by atoms with van der Waals surface area (Å²) in [7, 11) is 0. The van der Waals surface area contributed by atoms with Crippen molar-refractivity contribution in [1.29, 1.82) is 0 Å². The molecule has 1 aromatic carbocycles. The Morgan fingerprint density at radius 3 is 2.50 bits per heavy atom. The monoisotopic (exact) mass is 294 g/mol. The standard InChI is InChI=1S/C15H19ClN2O2/c1-10-7-11(2)15(12(16)8-10)17-13(19)9-14(20)18-5-3-4-6-18/h7-8H,3-6,9H2,1-2H3,(H,17,19). The molecular weight excluding hydrogens is 276 g/mol. The predicted molar refractivity (Wildman–Crippen MR) is 80.0 cm³/mol. The lowest BCUT2D eigenvalue weighted by Crippen LogP contribution is -2.31. The first-order chi connectivity index (χ1) is 9.47. The number of hydrogen-bond acceptors (Lipinski definition) is 2. The molecule has 1 fully saturated rings. The van der Waals surface area contributed by atoms with Gasteiger partial charge in [0.2, 0.25) is 11.8 Å². The first-order valence-electron chi connectivity index (χ1n) is 6.82. The quantitative estimate of drug-likeness (QED) is 0.872. The van der Waals surface area contributed by atoms with E-state index in [1.807, 2.05) is 19.9 Å². The minimum atomic E-state index is -0.309. The van der Waals surface area contributed by atoms with Gasteiger partial charge >= 0.3 is 0 Å². The van der Waals surface area contributed by atoms with Crippen LogP contribution in [0.2, 0.25) is 5.02 Å². The van der Waals surface area contributed by atoms with E-state index in [1.54, 1.807) is 11.0 Å². The number of nitrogens with one attached hydrogen (secondary N) is 1. The third-order valence-electron chi connectivity index (χ3n) is 3.47.